The van der Waals surface area contributed by atoms with Crippen LogP contribution in [0.5, 0.6) is 0 Å². The summed E-state index contributed by atoms with van der Waals surface area (Å²) in [7, 11) is 0. The monoisotopic (exact) mass is 210 g/mol. The minimum atomic E-state index is 0.452. The van der Waals surface area contributed by atoms with E-state index in [1.54, 1.807) is 0 Å². The van der Waals surface area contributed by atoms with E-state index < -0.39 is 0 Å². The van der Waals surface area contributed by atoms with Gasteiger partial charge in [0.2, 0.25) is 0 Å². The third-order valence-corrected chi connectivity index (χ3v) is 2.33. The molecule has 0 atom stereocenters. The summed E-state index contributed by atoms with van der Waals surface area (Å²) in [5.74, 6) is 1.09. The van der Waals surface area contributed by atoms with E-state index in [1.807, 2.05) is 6.33 Å². The summed E-state index contributed by atoms with van der Waals surface area (Å²) in [5, 5.41) is 11.5. The summed E-state index contributed by atoms with van der Waals surface area (Å²) in [4.78, 5) is 0. The molecule has 86 valence electrons. The average molecular weight is 210 g/mol. The van der Waals surface area contributed by atoms with Crippen molar-refractivity contribution in [1.82, 2.24) is 20.1 Å². The lowest BCUT2D eigenvalue weighted by Gasteiger charge is -2.10. The van der Waals surface area contributed by atoms with E-state index in [9.17, 15) is 0 Å². The van der Waals surface area contributed by atoms with E-state index in [0.717, 1.165) is 25.2 Å². The molecule has 1 aromatic heterocycles. The van der Waals surface area contributed by atoms with E-state index in [0.29, 0.717) is 12.1 Å². The van der Waals surface area contributed by atoms with Crippen LogP contribution in [0.3, 0.4) is 0 Å². The van der Waals surface area contributed by atoms with Crippen LogP contribution in [0.2, 0.25) is 0 Å². The molecule has 1 N–H and O–H groups in total. The van der Waals surface area contributed by atoms with E-state index in [1.165, 1.54) is 0 Å². The van der Waals surface area contributed by atoms with Gasteiger partial charge in [-0.1, -0.05) is 13.8 Å². The van der Waals surface area contributed by atoms with Crippen molar-refractivity contribution in [3.63, 3.8) is 0 Å². The number of nitrogens with zero attached hydrogens (tertiary/aromatic N) is 3. The predicted octanol–water partition coefficient (Wildman–Crippen LogP) is 1.79. The molecule has 0 amide bonds. The molecular weight excluding hydrogens is 188 g/mol. The Morgan fingerprint density at radius 1 is 1.33 bits per heavy atom. The molecule has 0 saturated carbocycles. The van der Waals surface area contributed by atoms with Crippen molar-refractivity contribution in [2.75, 3.05) is 6.54 Å². The quantitative estimate of drug-likeness (QED) is 0.728. The Kier molecular flexibility index (Phi) is 4.75. The number of rotatable bonds is 6. The second-order valence-electron chi connectivity index (χ2n) is 4.46. The van der Waals surface area contributed by atoms with Gasteiger partial charge in [-0.3, -0.25) is 0 Å². The van der Waals surface area contributed by atoms with Gasteiger partial charge in [0.15, 0.2) is 0 Å². The number of nitrogens with one attached hydrogen (secondary N) is 1. The molecular formula is C11H22N4. The molecule has 0 aliphatic heterocycles. The third kappa shape index (κ3) is 4.00. The van der Waals surface area contributed by atoms with Crippen molar-refractivity contribution in [2.24, 2.45) is 0 Å². The van der Waals surface area contributed by atoms with Crippen molar-refractivity contribution in [1.29, 1.82) is 0 Å². The number of aryl methyl sites for hydroxylation is 1. The molecule has 0 aliphatic rings. The lowest BCUT2D eigenvalue weighted by atomic mass is 10.2. The Balaban J connectivity index is 2.34. The summed E-state index contributed by atoms with van der Waals surface area (Å²) >= 11 is 0. The molecule has 0 saturated heterocycles. The highest BCUT2D eigenvalue weighted by molar-refractivity contribution is 4.88. The van der Waals surface area contributed by atoms with Crippen LogP contribution in [0, 0.1) is 0 Å². The van der Waals surface area contributed by atoms with Crippen LogP contribution in [0.1, 0.15) is 46.0 Å². The first kappa shape index (κ1) is 12.2. The summed E-state index contributed by atoms with van der Waals surface area (Å²) in [6, 6.07) is 1.01. The van der Waals surface area contributed by atoms with Gasteiger partial charge in [-0.15, -0.1) is 10.2 Å². The fraction of sp³-hybridized carbons (Fsp3) is 0.818. The smallest absolute Gasteiger partial charge is 0.133 e. The average Bonchev–Trinajstić information content (AvgIpc) is 2.60. The lowest BCUT2D eigenvalue weighted by Crippen LogP contribution is -2.24. The maximum atomic E-state index is 4.14. The van der Waals surface area contributed by atoms with Gasteiger partial charge in [0, 0.05) is 18.5 Å². The number of hydrogen-bond acceptors (Lipinski definition) is 3. The van der Waals surface area contributed by atoms with Crippen molar-refractivity contribution in [2.45, 2.75) is 52.6 Å². The van der Waals surface area contributed by atoms with Gasteiger partial charge in [0.25, 0.3) is 0 Å². The van der Waals surface area contributed by atoms with Gasteiger partial charge in [-0.25, -0.2) is 0 Å². The molecule has 4 heteroatoms. The minimum Gasteiger partial charge on any atom is -0.315 e. The first-order valence-electron chi connectivity index (χ1n) is 5.73. The highest BCUT2D eigenvalue weighted by atomic mass is 15.3. The van der Waals surface area contributed by atoms with Gasteiger partial charge in [-0.05, 0) is 26.8 Å². The van der Waals surface area contributed by atoms with Crippen molar-refractivity contribution in [3.05, 3.63) is 12.2 Å². The van der Waals surface area contributed by atoms with Crippen LogP contribution in [0.25, 0.3) is 0 Å². The van der Waals surface area contributed by atoms with Crippen molar-refractivity contribution in [3.8, 4) is 0 Å². The summed E-state index contributed by atoms with van der Waals surface area (Å²) in [5.41, 5.74) is 0. The lowest BCUT2D eigenvalue weighted by molar-refractivity contribution is 0.534. The molecule has 0 unspecified atom stereocenters. The van der Waals surface area contributed by atoms with Gasteiger partial charge >= 0.3 is 0 Å². The third-order valence-electron chi connectivity index (χ3n) is 2.33. The Labute approximate surface area is 92.1 Å². The molecule has 0 bridgehead atoms. The van der Waals surface area contributed by atoms with Crippen LogP contribution in [0.4, 0.5) is 0 Å². The molecule has 0 aromatic carbocycles. The van der Waals surface area contributed by atoms with Gasteiger partial charge < -0.3 is 9.88 Å². The minimum absolute atomic E-state index is 0.452. The SMILES string of the molecule is CC(C)NCCCc1nncn1C(C)C. The molecule has 1 aromatic rings. The summed E-state index contributed by atoms with van der Waals surface area (Å²) in [6.45, 7) is 9.67. The summed E-state index contributed by atoms with van der Waals surface area (Å²) < 4.78 is 2.13. The van der Waals surface area contributed by atoms with Crippen LogP contribution >= 0.6 is 0 Å². The number of hydrogen-bond donors (Lipinski definition) is 1. The van der Waals surface area contributed by atoms with E-state index in [2.05, 4.69) is 47.8 Å². The van der Waals surface area contributed by atoms with Crippen molar-refractivity contribution < 1.29 is 0 Å². The zero-order valence-corrected chi connectivity index (χ0v) is 10.2. The molecule has 4 nitrogen and oxygen atoms in total. The summed E-state index contributed by atoms with van der Waals surface area (Å²) in [6.07, 6.45) is 3.93. The first-order valence-corrected chi connectivity index (χ1v) is 5.73. The van der Waals surface area contributed by atoms with E-state index in [4.69, 9.17) is 0 Å². The maximum absolute atomic E-state index is 4.14. The van der Waals surface area contributed by atoms with E-state index >= 15 is 0 Å². The van der Waals surface area contributed by atoms with E-state index in [-0.39, 0.29) is 0 Å². The van der Waals surface area contributed by atoms with Crippen LogP contribution in [-0.2, 0) is 6.42 Å². The molecule has 0 spiro atoms. The second-order valence-corrected chi connectivity index (χ2v) is 4.46. The van der Waals surface area contributed by atoms with Crippen LogP contribution in [0.15, 0.2) is 6.33 Å². The highest BCUT2D eigenvalue weighted by Gasteiger charge is 2.06. The van der Waals surface area contributed by atoms with Crippen LogP contribution in [-0.4, -0.2) is 27.4 Å². The molecule has 1 rings (SSSR count). The Hall–Kier alpha value is -0.900. The second kappa shape index (κ2) is 5.85. The molecule has 0 radical (unpaired) electrons. The molecule has 0 aliphatic carbocycles. The Morgan fingerprint density at radius 2 is 2.07 bits per heavy atom. The zero-order valence-electron chi connectivity index (χ0n) is 10.2. The zero-order chi connectivity index (χ0) is 11.3. The standard InChI is InChI=1S/C11H22N4/c1-9(2)12-7-5-6-11-14-13-8-15(11)10(3)4/h8-10,12H,5-7H2,1-4H3. The topological polar surface area (TPSA) is 42.7 Å². The van der Waals surface area contributed by atoms with Crippen LogP contribution < -0.4 is 5.32 Å². The Bertz CT molecular complexity index is 278. The number of aromatic nitrogens is 3. The fourth-order valence-electron chi connectivity index (χ4n) is 1.51. The van der Waals surface area contributed by atoms with Gasteiger partial charge in [-0.2, -0.15) is 0 Å². The highest BCUT2D eigenvalue weighted by Crippen LogP contribution is 2.07. The van der Waals surface area contributed by atoms with Gasteiger partial charge in [0.05, 0.1) is 0 Å². The van der Waals surface area contributed by atoms with Gasteiger partial charge in [0.1, 0.15) is 12.2 Å². The predicted molar refractivity (Wildman–Crippen MR) is 61.9 cm³/mol. The Morgan fingerprint density at radius 3 is 2.67 bits per heavy atom. The largest absolute Gasteiger partial charge is 0.315 e. The van der Waals surface area contributed by atoms with Crippen molar-refractivity contribution >= 4 is 0 Å². The maximum Gasteiger partial charge on any atom is 0.133 e. The fourth-order valence-corrected chi connectivity index (χ4v) is 1.51. The normalized spacial score (nSPS) is 11.6. The first-order chi connectivity index (χ1) is 7.11. The molecule has 15 heavy (non-hydrogen) atoms. The molecule has 0 fully saturated rings. The molecule has 1 heterocycles.